The first kappa shape index (κ1) is 21.1. The number of thioether (sulfide) groups is 1. The summed E-state index contributed by atoms with van der Waals surface area (Å²) in [6.45, 7) is 3.85. The van der Waals surface area contributed by atoms with Gasteiger partial charge >= 0.3 is 0 Å². The quantitative estimate of drug-likeness (QED) is 0.502. The molecule has 2 unspecified atom stereocenters. The van der Waals surface area contributed by atoms with Gasteiger partial charge in [0.1, 0.15) is 5.82 Å². The maximum Gasteiger partial charge on any atom is 0.237 e. The van der Waals surface area contributed by atoms with Gasteiger partial charge in [-0.15, -0.1) is 11.8 Å². The summed E-state index contributed by atoms with van der Waals surface area (Å²) in [5.74, 6) is 1.02. The number of aromatic nitrogens is 3. The third kappa shape index (κ3) is 5.32. The molecule has 2 atom stereocenters. The largest absolute Gasteiger partial charge is 0.368 e. The number of para-hydroxylation sites is 1. The van der Waals surface area contributed by atoms with Crippen molar-refractivity contribution in [1.29, 1.82) is 0 Å². The Morgan fingerprint density at radius 1 is 1.00 bits per heavy atom. The molecule has 31 heavy (non-hydrogen) atoms. The second-order valence-corrected chi connectivity index (χ2v) is 9.30. The second-order valence-electron chi connectivity index (χ2n) is 7.61. The number of nitrogens with one attached hydrogen (secondary N) is 2. The monoisotopic (exact) mass is 434 g/mol. The number of hydrogen-bond acceptors (Lipinski definition) is 7. The molecule has 0 aliphatic heterocycles. The van der Waals surface area contributed by atoms with Crippen molar-refractivity contribution in [3.05, 3.63) is 65.5 Å². The Morgan fingerprint density at radius 3 is 2.58 bits per heavy atom. The number of hydrogen-bond donors (Lipinski definition) is 3. The molecule has 1 heterocycles. The number of rotatable bonds is 7. The van der Waals surface area contributed by atoms with Gasteiger partial charge in [-0.2, -0.15) is 15.0 Å². The molecule has 8 heteroatoms. The summed E-state index contributed by atoms with van der Waals surface area (Å²) in [7, 11) is 0. The molecule has 1 aliphatic rings. The highest BCUT2D eigenvalue weighted by atomic mass is 32.2. The summed E-state index contributed by atoms with van der Waals surface area (Å²) in [5, 5.41) is 5.75. The fourth-order valence-corrected chi connectivity index (χ4v) is 4.64. The van der Waals surface area contributed by atoms with Gasteiger partial charge < -0.3 is 16.4 Å². The molecule has 0 saturated carbocycles. The van der Waals surface area contributed by atoms with Crippen molar-refractivity contribution in [3.8, 4) is 0 Å². The van der Waals surface area contributed by atoms with Gasteiger partial charge in [0.2, 0.25) is 17.8 Å². The summed E-state index contributed by atoms with van der Waals surface area (Å²) in [5.41, 5.74) is 10.3. The first-order valence-electron chi connectivity index (χ1n) is 10.4. The van der Waals surface area contributed by atoms with Gasteiger partial charge in [0, 0.05) is 11.4 Å². The Hall–Kier alpha value is -3.13. The van der Waals surface area contributed by atoms with Gasteiger partial charge in [-0.25, -0.2) is 0 Å². The lowest BCUT2D eigenvalue weighted by molar-refractivity contribution is -0.115. The molecule has 4 N–H and O–H groups in total. The molecule has 0 bridgehead atoms. The number of amides is 1. The highest BCUT2D eigenvalue weighted by Gasteiger charge is 2.21. The smallest absolute Gasteiger partial charge is 0.237 e. The molecule has 0 saturated heterocycles. The lowest BCUT2D eigenvalue weighted by atomic mass is 10.1. The molecule has 1 amide bonds. The number of carbonyl (C=O) groups is 1. The van der Waals surface area contributed by atoms with Crippen LogP contribution in [0.15, 0.2) is 48.5 Å². The number of aryl methyl sites for hydroxylation is 2. The molecule has 1 aliphatic carbocycles. The van der Waals surface area contributed by atoms with Crippen LogP contribution < -0.4 is 16.4 Å². The summed E-state index contributed by atoms with van der Waals surface area (Å²) in [4.78, 5) is 25.7. The third-order valence-electron chi connectivity index (χ3n) is 5.21. The number of carbonyl (C=O) groups excluding carboxylic acids is 1. The Balaban J connectivity index is 1.40. The van der Waals surface area contributed by atoms with Crippen molar-refractivity contribution in [3.63, 3.8) is 0 Å². The SMILES string of the molecule is CC(SC(C)c1nc(N)nc(Nc2ccccc2)n1)C(=O)Nc1ccc2c(c1)CCC2. The lowest BCUT2D eigenvalue weighted by Gasteiger charge is -2.17. The highest BCUT2D eigenvalue weighted by Crippen LogP contribution is 2.31. The van der Waals surface area contributed by atoms with E-state index in [9.17, 15) is 4.79 Å². The summed E-state index contributed by atoms with van der Waals surface area (Å²) in [6.07, 6.45) is 3.40. The predicted octanol–water partition coefficient (Wildman–Crippen LogP) is 4.51. The van der Waals surface area contributed by atoms with E-state index in [2.05, 4.69) is 37.7 Å². The summed E-state index contributed by atoms with van der Waals surface area (Å²) in [6, 6.07) is 15.8. The molecule has 3 aromatic rings. The lowest BCUT2D eigenvalue weighted by Crippen LogP contribution is -2.23. The molecule has 1 aromatic heterocycles. The minimum absolute atomic E-state index is 0.0422. The fourth-order valence-electron chi connectivity index (χ4n) is 3.62. The molecular formula is C23H26N6OS. The van der Waals surface area contributed by atoms with Gasteiger partial charge in [0.15, 0.2) is 0 Å². The van der Waals surface area contributed by atoms with Gasteiger partial charge in [-0.3, -0.25) is 4.79 Å². The molecule has 7 nitrogen and oxygen atoms in total. The third-order valence-corrected chi connectivity index (χ3v) is 6.45. The Morgan fingerprint density at radius 2 is 1.77 bits per heavy atom. The van der Waals surface area contributed by atoms with E-state index in [4.69, 9.17) is 5.73 Å². The van der Waals surface area contributed by atoms with E-state index in [-0.39, 0.29) is 22.4 Å². The minimum Gasteiger partial charge on any atom is -0.368 e. The first-order chi connectivity index (χ1) is 15.0. The van der Waals surface area contributed by atoms with Crippen molar-refractivity contribution in [2.24, 2.45) is 0 Å². The van der Waals surface area contributed by atoms with E-state index in [1.165, 1.54) is 29.3 Å². The van der Waals surface area contributed by atoms with Crippen LogP contribution in [0.3, 0.4) is 0 Å². The normalized spacial score (nSPS) is 14.5. The van der Waals surface area contributed by atoms with Gasteiger partial charge in [-0.05, 0) is 68.5 Å². The maximum absolute atomic E-state index is 12.7. The first-order valence-corrected chi connectivity index (χ1v) is 11.3. The van der Waals surface area contributed by atoms with Crippen LogP contribution in [-0.2, 0) is 17.6 Å². The van der Waals surface area contributed by atoms with Crippen LogP contribution in [0.4, 0.5) is 23.3 Å². The van der Waals surface area contributed by atoms with Crippen LogP contribution in [0.5, 0.6) is 0 Å². The van der Waals surface area contributed by atoms with Crippen molar-refractivity contribution in [1.82, 2.24) is 15.0 Å². The minimum atomic E-state index is -0.285. The van der Waals surface area contributed by atoms with Crippen LogP contribution in [0.1, 0.15) is 42.5 Å². The Labute approximate surface area is 186 Å². The number of nitrogens with zero attached hydrogens (tertiary/aromatic N) is 3. The van der Waals surface area contributed by atoms with Crippen molar-refractivity contribution >= 4 is 40.9 Å². The van der Waals surface area contributed by atoms with E-state index < -0.39 is 0 Å². The van der Waals surface area contributed by atoms with Crippen LogP contribution in [0.2, 0.25) is 0 Å². The average molecular weight is 435 g/mol. The highest BCUT2D eigenvalue weighted by molar-refractivity contribution is 8.00. The van der Waals surface area contributed by atoms with Crippen molar-refractivity contribution in [2.45, 2.75) is 43.6 Å². The zero-order valence-electron chi connectivity index (χ0n) is 17.6. The molecule has 2 aromatic carbocycles. The van der Waals surface area contributed by atoms with Gasteiger partial charge in [0.05, 0.1) is 10.5 Å². The average Bonchev–Trinajstić information content (AvgIpc) is 3.22. The number of nitrogens with two attached hydrogens (primary N) is 1. The van der Waals surface area contributed by atoms with Crippen LogP contribution >= 0.6 is 11.8 Å². The summed E-state index contributed by atoms with van der Waals surface area (Å²) < 4.78 is 0. The molecule has 0 fully saturated rings. The molecule has 160 valence electrons. The Bertz CT molecular complexity index is 1070. The summed E-state index contributed by atoms with van der Waals surface area (Å²) >= 11 is 1.48. The number of nitrogen functional groups attached to an aromatic ring is 1. The molecule has 0 radical (unpaired) electrons. The molecular weight excluding hydrogens is 408 g/mol. The van der Waals surface area contributed by atoms with Crippen LogP contribution in [0.25, 0.3) is 0 Å². The number of fused-ring (bicyclic) bond motifs is 1. The van der Waals surface area contributed by atoms with Gasteiger partial charge in [0.25, 0.3) is 0 Å². The molecule has 0 spiro atoms. The standard InChI is InChI=1S/C23H26N6OS/c1-14(20-27-22(24)29-23(28-20)26-18-9-4-3-5-10-18)31-15(2)21(30)25-19-12-11-16-7-6-8-17(16)13-19/h3-5,9-15H,6-8H2,1-2H3,(H,25,30)(H3,24,26,27,28,29). The number of anilines is 4. The predicted molar refractivity (Wildman–Crippen MR) is 127 cm³/mol. The topological polar surface area (TPSA) is 106 Å². The van der Waals surface area contributed by atoms with Crippen LogP contribution in [0, 0.1) is 0 Å². The van der Waals surface area contributed by atoms with E-state index in [0.717, 1.165) is 24.2 Å². The van der Waals surface area contributed by atoms with E-state index in [1.807, 2.05) is 50.2 Å². The van der Waals surface area contributed by atoms with Gasteiger partial charge in [-0.1, -0.05) is 24.3 Å². The van der Waals surface area contributed by atoms with Crippen molar-refractivity contribution in [2.75, 3.05) is 16.4 Å². The van der Waals surface area contributed by atoms with E-state index in [0.29, 0.717) is 11.8 Å². The van der Waals surface area contributed by atoms with E-state index in [1.54, 1.807) is 0 Å². The molecule has 4 rings (SSSR count). The van der Waals surface area contributed by atoms with E-state index >= 15 is 0 Å². The zero-order valence-corrected chi connectivity index (χ0v) is 18.4. The number of benzene rings is 2. The second kappa shape index (κ2) is 9.34. The van der Waals surface area contributed by atoms with Crippen molar-refractivity contribution < 1.29 is 4.79 Å². The fraction of sp³-hybridized carbons (Fsp3) is 0.304. The Kier molecular flexibility index (Phi) is 6.36. The zero-order chi connectivity index (χ0) is 21.8. The van der Waals surface area contributed by atoms with Crippen LogP contribution in [-0.4, -0.2) is 26.1 Å². The maximum atomic E-state index is 12.7.